The van der Waals surface area contributed by atoms with E-state index in [1.807, 2.05) is 31.2 Å². The first-order valence-corrected chi connectivity index (χ1v) is 7.80. The molecule has 1 N–H and O–H groups in total. The van der Waals surface area contributed by atoms with Gasteiger partial charge in [-0.25, -0.2) is 0 Å². The molecule has 0 aliphatic carbocycles. The van der Waals surface area contributed by atoms with Crippen LogP contribution in [0, 0.1) is 6.92 Å². The first-order valence-electron chi connectivity index (χ1n) is 6.36. The molecule has 1 heterocycles. The Morgan fingerprint density at radius 2 is 1.81 bits per heavy atom. The third kappa shape index (κ3) is 2.71. The van der Waals surface area contributed by atoms with E-state index in [2.05, 4.69) is 14.9 Å². The summed E-state index contributed by atoms with van der Waals surface area (Å²) in [4.78, 5) is 0.207. The molecule has 3 rings (SSSR count). The van der Waals surface area contributed by atoms with Gasteiger partial charge >= 0.3 is 0 Å². The van der Waals surface area contributed by atoms with Crippen molar-refractivity contribution < 1.29 is 8.42 Å². The molecule has 0 atom stereocenters. The second-order valence-electron chi connectivity index (χ2n) is 4.69. The van der Waals surface area contributed by atoms with Gasteiger partial charge in [0.15, 0.2) is 5.84 Å². The number of benzene rings is 2. The van der Waals surface area contributed by atoms with Crippen molar-refractivity contribution >= 4 is 22.1 Å². The van der Waals surface area contributed by atoms with Crippen LogP contribution in [0.2, 0.25) is 0 Å². The van der Waals surface area contributed by atoms with Gasteiger partial charge in [0.1, 0.15) is 4.90 Å². The molecular formula is C15H13N3O2S. The number of nitrogens with zero attached hydrogens (tertiary/aromatic N) is 2. The molecule has 0 radical (unpaired) electrons. The Morgan fingerprint density at radius 3 is 2.57 bits per heavy atom. The molecule has 6 heteroatoms. The highest BCUT2D eigenvalue weighted by molar-refractivity contribution is 7.90. The minimum absolute atomic E-state index is 0.207. The fourth-order valence-corrected chi connectivity index (χ4v) is 3.18. The lowest BCUT2D eigenvalue weighted by molar-refractivity contribution is 0.599. The molecule has 1 aliphatic heterocycles. The maximum absolute atomic E-state index is 11.9. The number of sulfonamides is 1. The van der Waals surface area contributed by atoms with E-state index < -0.39 is 10.0 Å². The van der Waals surface area contributed by atoms with Crippen molar-refractivity contribution in [2.75, 3.05) is 0 Å². The molecule has 1 aliphatic rings. The van der Waals surface area contributed by atoms with Crippen molar-refractivity contribution in [3.63, 3.8) is 0 Å². The van der Waals surface area contributed by atoms with E-state index in [0.29, 0.717) is 5.56 Å². The lowest BCUT2D eigenvalue weighted by Gasteiger charge is -2.00. The first kappa shape index (κ1) is 13.5. The summed E-state index contributed by atoms with van der Waals surface area (Å²) in [5.74, 6) is 0.244. The molecule has 2 aromatic carbocycles. The minimum atomic E-state index is -3.60. The normalized spacial score (nSPS) is 15.8. The van der Waals surface area contributed by atoms with E-state index in [0.717, 1.165) is 5.56 Å². The zero-order chi connectivity index (χ0) is 14.9. The fourth-order valence-electron chi connectivity index (χ4n) is 2.01. The molecule has 0 saturated heterocycles. The Labute approximate surface area is 123 Å². The summed E-state index contributed by atoms with van der Waals surface area (Å²) < 4.78 is 27.4. The van der Waals surface area contributed by atoms with Crippen molar-refractivity contribution in [1.82, 2.24) is 5.43 Å². The standard InChI is InChI=1S/C15H13N3O2S/c1-11-6-8-12(9-7-11)10-16-17-15-13-4-2-3-5-14(13)21(19,20)18-15/h2-10H,1H3,(H,17,18). The Balaban J connectivity index is 1.82. The number of hydrazone groups is 1. The molecule has 0 fully saturated rings. The van der Waals surface area contributed by atoms with Gasteiger partial charge in [-0.3, -0.25) is 5.43 Å². The summed E-state index contributed by atoms with van der Waals surface area (Å²) in [6, 6.07) is 14.5. The summed E-state index contributed by atoms with van der Waals surface area (Å²) in [7, 11) is -3.60. The van der Waals surface area contributed by atoms with Gasteiger partial charge in [-0.15, -0.1) is 4.40 Å². The molecule has 0 saturated carbocycles. The van der Waals surface area contributed by atoms with Crippen molar-refractivity contribution in [3.8, 4) is 0 Å². The largest absolute Gasteiger partial charge is 0.285 e. The van der Waals surface area contributed by atoms with E-state index in [1.54, 1.807) is 24.4 Å². The topological polar surface area (TPSA) is 70.9 Å². The van der Waals surface area contributed by atoms with Crippen LogP contribution < -0.4 is 5.43 Å². The predicted octanol–water partition coefficient (Wildman–Crippen LogP) is 2.07. The number of hydrogen-bond donors (Lipinski definition) is 1. The molecule has 2 aromatic rings. The third-order valence-electron chi connectivity index (χ3n) is 3.09. The Hall–Kier alpha value is -2.47. The van der Waals surface area contributed by atoms with E-state index in [9.17, 15) is 8.42 Å². The highest BCUT2D eigenvalue weighted by Gasteiger charge is 2.27. The molecular weight excluding hydrogens is 286 g/mol. The van der Waals surface area contributed by atoms with E-state index in [4.69, 9.17) is 0 Å². The van der Waals surface area contributed by atoms with Crippen LogP contribution in [-0.4, -0.2) is 20.5 Å². The molecule has 106 valence electrons. The molecule has 0 aromatic heterocycles. The maximum Gasteiger partial charge on any atom is 0.285 e. The smallest absolute Gasteiger partial charge is 0.260 e. The highest BCUT2D eigenvalue weighted by atomic mass is 32.2. The molecule has 21 heavy (non-hydrogen) atoms. The van der Waals surface area contributed by atoms with Gasteiger partial charge in [0.25, 0.3) is 10.0 Å². The summed E-state index contributed by atoms with van der Waals surface area (Å²) in [5.41, 5.74) is 5.32. The Bertz CT molecular complexity index is 837. The van der Waals surface area contributed by atoms with Crippen LogP contribution in [0.5, 0.6) is 0 Å². The second kappa shape index (κ2) is 5.14. The van der Waals surface area contributed by atoms with Crippen LogP contribution in [-0.2, 0) is 10.0 Å². The lowest BCUT2D eigenvalue weighted by atomic mass is 10.2. The fraction of sp³-hybridized carbons (Fsp3) is 0.0667. The van der Waals surface area contributed by atoms with Gasteiger partial charge in [-0.1, -0.05) is 42.0 Å². The van der Waals surface area contributed by atoms with Gasteiger partial charge in [0.05, 0.1) is 6.21 Å². The summed E-state index contributed by atoms with van der Waals surface area (Å²) >= 11 is 0. The SMILES string of the molecule is Cc1ccc(C=NNC2=NS(=O)(=O)c3ccccc32)cc1. The van der Waals surface area contributed by atoms with Crippen LogP contribution in [0.15, 0.2) is 62.9 Å². The first-order chi connectivity index (χ1) is 10.1. The van der Waals surface area contributed by atoms with Crippen LogP contribution in [0.1, 0.15) is 16.7 Å². The van der Waals surface area contributed by atoms with Crippen LogP contribution in [0.4, 0.5) is 0 Å². The average Bonchev–Trinajstić information content (AvgIpc) is 2.73. The van der Waals surface area contributed by atoms with Crippen molar-refractivity contribution in [2.45, 2.75) is 11.8 Å². The van der Waals surface area contributed by atoms with Crippen LogP contribution >= 0.6 is 0 Å². The molecule has 0 bridgehead atoms. The average molecular weight is 299 g/mol. The summed E-state index contributed by atoms with van der Waals surface area (Å²) in [6.45, 7) is 2.01. The number of rotatable bonds is 2. The zero-order valence-electron chi connectivity index (χ0n) is 11.3. The van der Waals surface area contributed by atoms with Crippen molar-refractivity contribution in [1.29, 1.82) is 0 Å². The van der Waals surface area contributed by atoms with Gasteiger partial charge in [0.2, 0.25) is 0 Å². The number of aryl methyl sites for hydroxylation is 1. The van der Waals surface area contributed by atoms with Gasteiger partial charge in [0, 0.05) is 5.56 Å². The minimum Gasteiger partial charge on any atom is -0.260 e. The van der Waals surface area contributed by atoms with Crippen LogP contribution in [0.3, 0.4) is 0 Å². The van der Waals surface area contributed by atoms with E-state index in [1.165, 1.54) is 11.6 Å². The van der Waals surface area contributed by atoms with Crippen molar-refractivity contribution in [3.05, 3.63) is 65.2 Å². The summed E-state index contributed by atoms with van der Waals surface area (Å²) in [6.07, 6.45) is 1.62. The Morgan fingerprint density at radius 1 is 1.10 bits per heavy atom. The molecule has 0 amide bonds. The van der Waals surface area contributed by atoms with Gasteiger partial charge in [-0.2, -0.15) is 13.5 Å². The van der Waals surface area contributed by atoms with Gasteiger partial charge in [-0.05, 0) is 24.6 Å². The number of amidine groups is 1. The molecule has 0 spiro atoms. The maximum atomic E-state index is 11.9. The van der Waals surface area contributed by atoms with Gasteiger partial charge < -0.3 is 0 Å². The monoisotopic (exact) mass is 299 g/mol. The zero-order valence-corrected chi connectivity index (χ0v) is 12.1. The Kier molecular flexibility index (Phi) is 3.31. The van der Waals surface area contributed by atoms with E-state index in [-0.39, 0.29) is 10.7 Å². The third-order valence-corrected chi connectivity index (χ3v) is 4.43. The molecule has 0 unspecified atom stereocenters. The number of fused-ring (bicyclic) bond motifs is 1. The number of hydrogen-bond acceptors (Lipinski definition) is 4. The predicted molar refractivity (Wildman–Crippen MR) is 82.1 cm³/mol. The van der Waals surface area contributed by atoms with E-state index >= 15 is 0 Å². The van der Waals surface area contributed by atoms with Crippen molar-refractivity contribution in [2.24, 2.45) is 9.50 Å². The molecule has 5 nitrogen and oxygen atoms in total. The quantitative estimate of drug-likeness (QED) is 0.681. The lowest BCUT2D eigenvalue weighted by Crippen LogP contribution is -2.17. The highest BCUT2D eigenvalue weighted by Crippen LogP contribution is 2.24. The van der Waals surface area contributed by atoms with Crippen LogP contribution in [0.25, 0.3) is 0 Å². The second-order valence-corrected chi connectivity index (χ2v) is 6.26. The number of nitrogens with one attached hydrogen (secondary N) is 1. The summed E-state index contributed by atoms with van der Waals surface area (Å²) in [5, 5.41) is 4.05.